The molecule has 0 aromatic heterocycles. The van der Waals surface area contributed by atoms with Crippen LogP contribution < -0.4 is 4.74 Å². The Morgan fingerprint density at radius 3 is 2.78 bits per heavy atom. The first kappa shape index (κ1) is 21.7. The van der Waals surface area contributed by atoms with Crippen LogP contribution in [0.3, 0.4) is 0 Å². The summed E-state index contributed by atoms with van der Waals surface area (Å²) in [7, 11) is 0. The average molecular weight is 397 g/mol. The van der Waals surface area contributed by atoms with Gasteiger partial charge >= 0.3 is 5.97 Å². The van der Waals surface area contributed by atoms with Gasteiger partial charge in [-0.3, -0.25) is 4.79 Å². The molecule has 1 aliphatic rings. The van der Waals surface area contributed by atoms with E-state index in [1.165, 1.54) is 0 Å². The monoisotopic (exact) mass is 396 g/mol. The molecule has 2 rings (SSSR count). The zero-order valence-electron chi connectivity index (χ0n) is 15.5. The highest BCUT2D eigenvalue weighted by molar-refractivity contribution is 6.21. The van der Waals surface area contributed by atoms with E-state index in [2.05, 4.69) is 0 Å². The van der Waals surface area contributed by atoms with Crippen molar-refractivity contribution in [2.24, 2.45) is 11.8 Å². The molecule has 1 aromatic carbocycles. The zero-order chi connectivity index (χ0) is 19.6. The van der Waals surface area contributed by atoms with E-state index in [4.69, 9.17) is 21.4 Å². The third kappa shape index (κ3) is 6.83. The van der Waals surface area contributed by atoms with Gasteiger partial charge in [0.05, 0.1) is 12.7 Å². The van der Waals surface area contributed by atoms with Crippen molar-refractivity contribution in [1.29, 1.82) is 0 Å². The minimum absolute atomic E-state index is 0.0571. The van der Waals surface area contributed by atoms with Crippen molar-refractivity contribution in [3.63, 3.8) is 0 Å². The SMILES string of the molecule is O=C(O)CCC/C=C\CC1C(Cl)CC(O)C1COc1ccccc1CCO. The Labute approximate surface area is 165 Å². The fourth-order valence-electron chi connectivity index (χ4n) is 3.59. The van der Waals surface area contributed by atoms with Gasteiger partial charge in [-0.25, -0.2) is 0 Å². The molecule has 1 aromatic rings. The molecule has 0 amide bonds. The molecule has 0 radical (unpaired) electrons. The Morgan fingerprint density at radius 1 is 1.26 bits per heavy atom. The van der Waals surface area contributed by atoms with E-state index in [1.54, 1.807) is 0 Å². The van der Waals surface area contributed by atoms with Crippen LogP contribution in [0.15, 0.2) is 36.4 Å². The molecule has 1 saturated carbocycles. The van der Waals surface area contributed by atoms with Gasteiger partial charge in [-0.2, -0.15) is 0 Å². The van der Waals surface area contributed by atoms with Crippen LogP contribution in [0, 0.1) is 11.8 Å². The summed E-state index contributed by atoms with van der Waals surface area (Å²) >= 11 is 6.45. The van der Waals surface area contributed by atoms with Crippen molar-refractivity contribution in [2.75, 3.05) is 13.2 Å². The zero-order valence-corrected chi connectivity index (χ0v) is 16.2. The first-order valence-corrected chi connectivity index (χ1v) is 9.97. The number of aliphatic hydroxyl groups is 2. The average Bonchev–Trinajstić information content (AvgIpc) is 2.90. The Bertz CT molecular complexity index is 618. The van der Waals surface area contributed by atoms with Crippen LogP contribution in [0.4, 0.5) is 0 Å². The van der Waals surface area contributed by atoms with Gasteiger partial charge < -0.3 is 20.1 Å². The number of carbonyl (C=O) groups is 1. The highest BCUT2D eigenvalue weighted by Gasteiger charge is 2.41. The van der Waals surface area contributed by atoms with Crippen LogP contribution in [0.2, 0.25) is 0 Å². The number of rotatable bonds is 11. The van der Waals surface area contributed by atoms with Gasteiger partial charge in [0.2, 0.25) is 0 Å². The number of aliphatic carboxylic acids is 1. The number of para-hydroxylation sites is 1. The lowest BCUT2D eigenvalue weighted by Gasteiger charge is -2.23. The Balaban J connectivity index is 1.89. The molecular formula is C21H29ClO5. The lowest BCUT2D eigenvalue weighted by Crippen LogP contribution is -2.27. The van der Waals surface area contributed by atoms with Gasteiger partial charge in [0.25, 0.3) is 0 Å². The number of carboxylic acid groups (broad SMARTS) is 1. The number of carboxylic acids is 1. The highest BCUT2D eigenvalue weighted by atomic mass is 35.5. The first-order valence-electron chi connectivity index (χ1n) is 9.53. The van der Waals surface area contributed by atoms with E-state index in [0.29, 0.717) is 25.9 Å². The van der Waals surface area contributed by atoms with Gasteiger partial charge in [0.1, 0.15) is 5.75 Å². The molecule has 0 bridgehead atoms. The summed E-state index contributed by atoms with van der Waals surface area (Å²) in [6, 6.07) is 7.61. The number of halogens is 1. The number of alkyl halides is 1. The molecule has 0 spiro atoms. The summed E-state index contributed by atoms with van der Waals surface area (Å²) in [6.07, 6.45) is 6.87. The normalized spacial score (nSPS) is 25.1. The third-order valence-electron chi connectivity index (χ3n) is 5.10. The standard InChI is InChI=1S/C21H29ClO5/c22-18-13-19(24)17(16(18)8-3-1-2-4-10-21(25)26)14-27-20-9-6-5-7-15(20)11-12-23/h1,3,5-7,9,16-19,23-24H,2,4,8,10-14H2,(H,25,26)/b3-1-. The molecule has 0 saturated heterocycles. The molecule has 6 heteroatoms. The molecule has 27 heavy (non-hydrogen) atoms. The largest absolute Gasteiger partial charge is 0.493 e. The maximum Gasteiger partial charge on any atom is 0.303 e. The van der Waals surface area contributed by atoms with E-state index in [1.807, 2.05) is 36.4 Å². The van der Waals surface area contributed by atoms with Crippen molar-refractivity contribution in [2.45, 2.75) is 50.0 Å². The Morgan fingerprint density at radius 2 is 2.04 bits per heavy atom. The van der Waals surface area contributed by atoms with Gasteiger partial charge in [-0.05, 0) is 49.7 Å². The minimum Gasteiger partial charge on any atom is -0.493 e. The molecule has 150 valence electrons. The number of allylic oxidation sites excluding steroid dienone is 2. The second-order valence-electron chi connectivity index (χ2n) is 7.03. The summed E-state index contributed by atoms with van der Waals surface area (Å²) < 4.78 is 5.97. The number of aliphatic hydroxyl groups excluding tert-OH is 2. The maximum absolute atomic E-state index is 10.5. The summed E-state index contributed by atoms with van der Waals surface area (Å²) in [5, 5.41) is 28.1. The molecule has 1 fully saturated rings. The molecule has 3 N–H and O–H groups in total. The van der Waals surface area contributed by atoms with E-state index >= 15 is 0 Å². The molecule has 4 atom stereocenters. The second-order valence-corrected chi connectivity index (χ2v) is 7.59. The molecule has 5 nitrogen and oxygen atoms in total. The minimum atomic E-state index is -0.776. The molecular weight excluding hydrogens is 368 g/mol. The van der Waals surface area contributed by atoms with Crippen LogP contribution in [0.25, 0.3) is 0 Å². The smallest absolute Gasteiger partial charge is 0.303 e. The van der Waals surface area contributed by atoms with Crippen LogP contribution in [0.1, 0.15) is 37.7 Å². The summed E-state index contributed by atoms with van der Waals surface area (Å²) in [5.74, 6) is 0.0160. The Kier molecular flexibility index (Phi) is 9.11. The van der Waals surface area contributed by atoms with Crippen molar-refractivity contribution < 1.29 is 24.9 Å². The Hall–Kier alpha value is -1.56. The van der Waals surface area contributed by atoms with Crippen LogP contribution in [-0.4, -0.2) is 46.0 Å². The van der Waals surface area contributed by atoms with Gasteiger partial charge in [-0.15, -0.1) is 11.6 Å². The number of ether oxygens (including phenoxy) is 1. The van der Waals surface area contributed by atoms with E-state index < -0.39 is 12.1 Å². The molecule has 0 aliphatic heterocycles. The van der Waals surface area contributed by atoms with Crippen LogP contribution in [0.5, 0.6) is 5.75 Å². The molecule has 4 unspecified atom stereocenters. The highest BCUT2D eigenvalue weighted by Crippen LogP contribution is 2.39. The van der Waals surface area contributed by atoms with Gasteiger partial charge in [0.15, 0.2) is 0 Å². The lowest BCUT2D eigenvalue weighted by molar-refractivity contribution is -0.137. The van der Waals surface area contributed by atoms with Crippen molar-refractivity contribution in [3.8, 4) is 5.75 Å². The second kappa shape index (κ2) is 11.3. The number of hydrogen-bond donors (Lipinski definition) is 3. The fraction of sp³-hybridized carbons (Fsp3) is 0.571. The van der Waals surface area contributed by atoms with E-state index in [-0.39, 0.29) is 30.2 Å². The third-order valence-corrected chi connectivity index (χ3v) is 5.60. The summed E-state index contributed by atoms with van der Waals surface area (Å²) in [5.41, 5.74) is 0.949. The van der Waals surface area contributed by atoms with Crippen LogP contribution >= 0.6 is 11.6 Å². The van der Waals surface area contributed by atoms with Crippen molar-refractivity contribution in [1.82, 2.24) is 0 Å². The van der Waals surface area contributed by atoms with Crippen molar-refractivity contribution >= 4 is 17.6 Å². The maximum atomic E-state index is 10.5. The lowest BCUT2D eigenvalue weighted by atomic mass is 9.92. The molecule has 0 heterocycles. The predicted molar refractivity (Wildman–Crippen MR) is 105 cm³/mol. The number of benzene rings is 1. The van der Waals surface area contributed by atoms with Crippen molar-refractivity contribution in [3.05, 3.63) is 42.0 Å². The molecule has 1 aliphatic carbocycles. The fourth-order valence-corrected chi connectivity index (χ4v) is 4.06. The topological polar surface area (TPSA) is 87.0 Å². The van der Waals surface area contributed by atoms with E-state index in [0.717, 1.165) is 24.2 Å². The van der Waals surface area contributed by atoms with Gasteiger partial charge in [-0.1, -0.05) is 30.4 Å². The number of hydrogen-bond acceptors (Lipinski definition) is 4. The van der Waals surface area contributed by atoms with E-state index in [9.17, 15) is 15.0 Å². The number of unbranched alkanes of at least 4 members (excludes halogenated alkanes) is 1. The summed E-state index contributed by atoms with van der Waals surface area (Å²) in [6.45, 7) is 0.440. The van der Waals surface area contributed by atoms with Crippen LogP contribution in [-0.2, 0) is 11.2 Å². The predicted octanol–water partition coefficient (Wildman–Crippen LogP) is 3.41. The quantitative estimate of drug-likeness (QED) is 0.303. The first-order chi connectivity index (χ1) is 13.0. The van der Waals surface area contributed by atoms with Gasteiger partial charge in [0, 0.05) is 24.3 Å². The summed E-state index contributed by atoms with van der Waals surface area (Å²) in [4.78, 5) is 10.5.